The molecule has 16 heteroatoms. The highest BCUT2D eigenvalue weighted by Gasteiger charge is 2.17. The lowest BCUT2D eigenvalue weighted by Gasteiger charge is -2.07. The van der Waals surface area contributed by atoms with Crippen molar-refractivity contribution in [3.8, 4) is 0 Å². The summed E-state index contributed by atoms with van der Waals surface area (Å²) in [6.07, 6.45) is 12.6. The summed E-state index contributed by atoms with van der Waals surface area (Å²) in [4.78, 5) is 37.0. The Morgan fingerprint density at radius 1 is 0.641 bits per heavy atom. The molecule has 0 bridgehead atoms. The zero-order valence-electron chi connectivity index (χ0n) is 35.0. The van der Waals surface area contributed by atoms with Gasteiger partial charge < -0.3 is 9.13 Å². The number of hydrogen-bond acceptors (Lipinski definition) is 9. The van der Waals surface area contributed by atoms with E-state index in [2.05, 4.69) is 46.9 Å². The third-order valence-electron chi connectivity index (χ3n) is 10.2. The molecule has 4 aromatic heterocycles. The van der Waals surface area contributed by atoms with Crippen LogP contribution in [0.5, 0.6) is 0 Å². The van der Waals surface area contributed by atoms with Crippen LogP contribution in [-0.4, -0.2) is 61.0 Å². The lowest BCUT2D eigenvalue weighted by Crippen LogP contribution is -2.26. The van der Waals surface area contributed by atoms with Crippen molar-refractivity contribution in [1.82, 2.24) is 28.5 Å². The number of pyridine rings is 2. The average molecular weight is 918 g/mol. The standard InChI is InChI=1S/C25H25N3O3S.C22H20ClN3O2S.CO2/c1-18-5-8-23(9-6-18)32(30,31)27-13-11-22-17-28(16-20-4-3-12-26-15-20)25-10-7-21(19(2)29)14-24(22)25;23-19-7-9-20(10-8-19)29(27,28)25-13-11-18-16-26(15-17-4-3-12-24-14-17)22-6-2-1-5-21(18)22;2-1-3/h3-10,12,14-15,17,27H,11,13,16H2,1-2H3;1-10,12,14,16,25H,11,13,15H2;. The third kappa shape index (κ3) is 12.3. The molecule has 2 N–H and O–H groups in total. The van der Waals surface area contributed by atoms with Crippen molar-refractivity contribution in [3.63, 3.8) is 0 Å². The second kappa shape index (κ2) is 21.7. The molecule has 4 heterocycles. The number of nitrogens with one attached hydrogen (secondary N) is 2. The van der Waals surface area contributed by atoms with Crippen LogP contribution in [0.4, 0.5) is 0 Å². The van der Waals surface area contributed by atoms with Crippen molar-refractivity contribution in [1.29, 1.82) is 0 Å². The van der Waals surface area contributed by atoms with E-state index in [4.69, 9.17) is 21.2 Å². The molecule has 0 aliphatic heterocycles. The van der Waals surface area contributed by atoms with Gasteiger partial charge in [0.15, 0.2) is 5.78 Å². The van der Waals surface area contributed by atoms with Crippen LogP contribution in [0.1, 0.15) is 45.1 Å². The molecule has 0 spiro atoms. The highest BCUT2D eigenvalue weighted by molar-refractivity contribution is 7.89. The number of hydrogen-bond donors (Lipinski definition) is 2. The highest BCUT2D eigenvalue weighted by atomic mass is 35.5. The fourth-order valence-electron chi connectivity index (χ4n) is 7.09. The van der Waals surface area contributed by atoms with Crippen LogP contribution in [0.2, 0.25) is 5.02 Å². The zero-order chi connectivity index (χ0) is 45.7. The summed E-state index contributed by atoms with van der Waals surface area (Å²) in [6, 6.07) is 34.6. The second-order valence-corrected chi connectivity index (χ2v) is 18.7. The number of carbonyl (C=O) groups is 1. The summed E-state index contributed by atoms with van der Waals surface area (Å²) in [5, 5.41) is 2.59. The number of ketones is 1. The summed E-state index contributed by atoms with van der Waals surface area (Å²) >= 11 is 5.84. The van der Waals surface area contributed by atoms with Crippen LogP contribution in [0.3, 0.4) is 0 Å². The van der Waals surface area contributed by atoms with Gasteiger partial charge in [-0.2, -0.15) is 9.59 Å². The molecule has 0 fully saturated rings. The minimum atomic E-state index is -3.58. The Morgan fingerprint density at radius 3 is 1.62 bits per heavy atom. The Bertz CT molecular complexity index is 3100. The maximum Gasteiger partial charge on any atom is 0.373 e. The highest BCUT2D eigenvalue weighted by Crippen LogP contribution is 2.26. The fraction of sp³-hybridized carbons (Fsp3) is 0.167. The SMILES string of the molecule is CC(=O)c1ccc2c(c1)c(CCNS(=O)(=O)c1ccc(C)cc1)cn2Cc1cccnc1.O=C=O.O=S(=O)(NCCc1cn(Cc2cccnc2)c2ccccc12)c1ccc(Cl)cc1. The number of para-hydroxylation sites is 1. The molecule has 0 amide bonds. The van der Waals surface area contributed by atoms with Gasteiger partial charge in [-0.1, -0.05) is 59.6 Å². The van der Waals surface area contributed by atoms with Gasteiger partial charge in [0.05, 0.1) is 9.79 Å². The van der Waals surface area contributed by atoms with E-state index in [9.17, 15) is 21.6 Å². The van der Waals surface area contributed by atoms with Gasteiger partial charge in [0.25, 0.3) is 0 Å². The molecule has 8 aromatic rings. The van der Waals surface area contributed by atoms with E-state index in [1.54, 1.807) is 55.7 Å². The number of aryl methyl sites for hydroxylation is 1. The average Bonchev–Trinajstić information content (AvgIpc) is 3.81. The number of fused-ring (bicyclic) bond motifs is 2. The van der Waals surface area contributed by atoms with Crippen LogP contribution in [0.15, 0.2) is 162 Å². The number of sulfonamides is 2. The van der Waals surface area contributed by atoms with Gasteiger partial charge in [-0.25, -0.2) is 26.3 Å². The molecule has 0 saturated heterocycles. The van der Waals surface area contributed by atoms with Crippen LogP contribution in [-0.2, 0) is 55.6 Å². The van der Waals surface area contributed by atoms with Crippen molar-refractivity contribution in [2.45, 2.75) is 49.6 Å². The van der Waals surface area contributed by atoms with E-state index in [1.807, 2.05) is 80.1 Å². The quantitative estimate of drug-likeness (QED) is 0.0972. The Balaban J connectivity index is 0.000000201. The Labute approximate surface area is 376 Å². The molecule has 328 valence electrons. The topological polar surface area (TPSA) is 179 Å². The first-order valence-corrected chi connectivity index (χ1v) is 23.4. The number of nitrogens with zero attached hydrogens (tertiary/aromatic N) is 4. The van der Waals surface area contributed by atoms with E-state index in [-0.39, 0.29) is 28.3 Å². The lowest BCUT2D eigenvalue weighted by molar-refractivity contribution is -0.191. The summed E-state index contributed by atoms with van der Waals surface area (Å²) in [7, 11) is -7.15. The first-order chi connectivity index (χ1) is 30.8. The van der Waals surface area contributed by atoms with Gasteiger partial charge in [-0.15, -0.1) is 0 Å². The second-order valence-electron chi connectivity index (χ2n) is 14.7. The number of Topliss-reactive ketones (excluding diaryl/α,β-unsaturated/α-hetero) is 1. The number of halogens is 1. The number of aromatic nitrogens is 4. The lowest BCUT2D eigenvalue weighted by atomic mass is 10.1. The summed E-state index contributed by atoms with van der Waals surface area (Å²) in [6.45, 7) is 5.38. The number of rotatable bonds is 15. The van der Waals surface area contributed by atoms with Crippen LogP contribution in [0, 0.1) is 6.92 Å². The predicted molar refractivity (Wildman–Crippen MR) is 246 cm³/mol. The van der Waals surface area contributed by atoms with Gasteiger partial charge >= 0.3 is 6.15 Å². The molecule has 0 atom stereocenters. The Morgan fingerprint density at radius 2 is 1.12 bits per heavy atom. The third-order valence-corrected chi connectivity index (χ3v) is 13.4. The molecule has 8 rings (SSSR count). The monoisotopic (exact) mass is 916 g/mol. The number of carbonyl (C=O) groups excluding carboxylic acids is 3. The molecule has 4 aromatic carbocycles. The maximum absolute atomic E-state index is 12.6. The van der Waals surface area contributed by atoms with Crippen molar-refractivity contribution in [2.75, 3.05) is 13.1 Å². The Hall–Kier alpha value is -6.58. The molecular weight excluding hydrogens is 872 g/mol. The molecule has 13 nitrogen and oxygen atoms in total. The smallest absolute Gasteiger partial charge is 0.343 e. The van der Waals surface area contributed by atoms with Crippen molar-refractivity contribution >= 4 is 65.4 Å². The van der Waals surface area contributed by atoms with Gasteiger partial charge in [0, 0.05) is 95.8 Å². The molecular formula is C48H45ClN6O7S2. The van der Waals surface area contributed by atoms with Gasteiger partial charge in [0.2, 0.25) is 20.0 Å². The van der Waals surface area contributed by atoms with Crippen molar-refractivity contribution < 1.29 is 31.2 Å². The molecule has 0 unspecified atom stereocenters. The van der Waals surface area contributed by atoms with E-state index >= 15 is 0 Å². The first kappa shape index (κ1) is 46.9. The van der Waals surface area contributed by atoms with Crippen LogP contribution >= 0.6 is 11.6 Å². The molecule has 0 aliphatic rings. The van der Waals surface area contributed by atoms with E-state index < -0.39 is 20.0 Å². The zero-order valence-corrected chi connectivity index (χ0v) is 37.4. The molecule has 0 radical (unpaired) electrons. The maximum atomic E-state index is 12.6. The predicted octanol–water partition coefficient (Wildman–Crippen LogP) is 7.79. The fourth-order valence-corrected chi connectivity index (χ4v) is 9.28. The van der Waals surface area contributed by atoms with Crippen LogP contribution < -0.4 is 9.44 Å². The van der Waals surface area contributed by atoms with E-state index in [0.717, 1.165) is 49.6 Å². The van der Waals surface area contributed by atoms with Gasteiger partial charge in [-0.05, 0) is 122 Å². The number of benzene rings is 4. The minimum absolute atomic E-state index is 0.00191. The largest absolute Gasteiger partial charge is 0.373 e. The molecule has 64 heavy (non-hydrogen) atoms. The summed E-state index contributed by atoms with van der Waals surface area (Å²) < 4.78 is 59.8. The van der Waals surface area contributed by atoms with Crippen LogP contribution in [0.25, 0.3) is 21.8 Å². The molecule has 0 aliphatic carbocycles. The summed E-state index contributed by atoms with van der Waals surface area (Å²) in [5.41, 5.74) is 8.02. The first-order valence-electron chi connectivity index (χ1n) is 20.1. The van der Waals surface area contributed by atoms with Crippen molar-refractivity contribution in [2.24, 2.45) is 0 Å². The normalized spacial score (nSPS) is 11.3. The molecule has 0 saturated carbocycles. The Kier molecular flexibility index (Phi) is 15.9. The van der Waals surface area contributed by atoms with Gasteiger partial charge in [-0.3, -0.25) is 14.8 Å². The summed E-state index contributed by atoms with van der Waals surface area (Å²) in [5.74, 6) is -0.00191. The minimum Gasteiger partial charge on any atom is -0.343 e. The van der Waals surface area contributed by atoms with Crippen molar-refractivity contribution in [3.05, 3.63) is 191 Å². The van der Waals surface area contributed by atoms with E-state index in [1.165, 1.54) is 12.1 Å². The van der Waals surface area contributed by atoms with E-state index in [0.29, 0.717) is 43.1 Å². The van der Waals surface area contributed by atoms with Gasteiger partial charge in [0.1, 0.15) is 0 Å².